The molecule has 0 bridgehead atoms. The average molecular weight is 105 g/mol. The summed E-state index contributed by atoms with van der Waals surface area (Å²) in [5, 5.41) is 3.22. The van der Waals surface area contributed by atoms with Crippen LogP contribution < -0.4 is 5.32 Å². The monoisotopic (exact) mass is 105 g/mol. The van der Waals surface area contributed by atoms with Gasteiger partial charge in [-0.05, 0) is 25.9 Å². The maximum absolute atomic E-state index is 9.50. The van der Waals surface area contributed by atoms with Crippen LogP contribution in [0.2, 0.25) is 0 Å². The Hall–Kier alpha value is -0.110. The summed E-state index contributed by atoms with van der Waals surface area (Å²) in [6.07, 6.45) is 2.78. The molecular weight excluding hydrogens is 93.1 g/mol. The Morgan fingerprint density at radius 1 is 1.14 bits per heavy atom. The summed E-state index contributed by atoms with van der Waals surface area (Å²) in [6.45, 7) is 2.50. The lowest BCUT2D eigenvalue weighted by Crippen LogP contribution is -2.03. The number of alkyl halides is 1. The third-order valence-corrected chi connectivity index (χ3v) is 0.957. The highest BCUT2D eigenvalue weighted by Gasteiger charge is 1.93. The molecule has 44 valence electrons. The normalized spacial score (nSPS) is 18.0. The van der Waals surface area contributed by atoms with Gasteiger partial charge in [-0.1, -0.05) is 0 Å². The van der Waals surface area contributed by atoms with Crippen molar-refractivity contribution >= 4 is 0 Å². The van der Waals surface area contributed by atoms with Crippen LogP contribution in [-0.2, 0) is 0 Å². The molecule has 0 aromatic rings. The van der Waals surface area contributed by atoms with Gasteiger partial charge in [-0.15, -0.1) is 0 Å². The molecule has 0 radical (unpaired) electrons. The van der Waals surface area contributed by atoms with Gasteiger partial charge in [-0.2, -0.15) is 0 Å². The Bertz CT molecular complexity index is 19.7. The van der Waals surface area contributed by atoms with Gasteiger partial charge in [0.1, 0.15) is 0 Å². The summed E-state index contributed by atoms with van der Waals surface area (Å²) in [4.78, 5) is 0. The predicted octanol–water partition coefficient (Wildman–Crippen LogP) is 0.956. The van der Waals surface area contributed by atoms with Crippen molar-refractivity contribution in [3.8, 4) is 0 Å². The number of hydrogen-bond acceptors (Lipinski definition) is 1. The zero-order chi connectivity index (χ0) is 5.54. The lowest BCUT2D eigenvalue weighted by molar-refractivity contribution is 0.636. The number of nitrogens with one attached hydrogen (secondary N) is 1. The van der Waals surface area contributed by atoms with Gasteiger partial charge in [-0.3, -0.25) is 4.39 Å². The van der Waals surface area contributed by atoms with Crippen molar-refractivity contribution in [2.75, 3.05) is 20.3 Å². The Labute approximate surface area is 43.9 Å². The maximum Gasteiger partial charge on any atom is 0.0785 e. The molecule has 7 heavy (non-hydrogen) atoms. The largest absolute Gasteiger partial charge is 0.317 e. The first kappa shape index (κ1) is 6.89. The lowest BCUT2D eigenvalue weighted by atomic mass is 10.4. The highest BCUT2D eigenvalue weighted by Crippen LogP contribution is 1.90. The van der Waals surface area contributed by atoms with Crippen LogP contribution in [0.5, 0.6) is 0 Å². The number of halogens is 1. The third-order valence-electron chi connectivity index (χ3n) is 0.957. The summed E-state index contributed by atoms with van der Waals surface area (Å²) in [7, 11) is 0.500. The summed E-state index contributed by atoms with van der Waals surface area (Å²) < 4.78 is 9.50. The zero-order valence-corrected chi connectivity index (χ0v) is 4.71. The van der Waals surface area contributed by atoms with Crippen LogP contribution >= 0.6 is 0 Å². The molecular formula is C5H12FN. The van der Waals surface area contributed by atoms with E-state index in [2.05, 4.69) is 5.32 Å². The zero-order valence-electron chi connectivity index (χ0n) is 4.71. The summed E-state index contributed by atoms with van der Waals surface area (Å²) in [6, 6.07) is 0. The number of hydrogen-bond donors (Lipinski definition) is 1. The Morgan fingerprint density at radius 2 is 1.57 bits per heavy atom. The molecule has 1 aliphatic rings. The molecule has 1 heterocycles. The van der Waals surface area contributed by atoms with E-state index in [1.807, 2.05) is 0 Å². The van der Waals surface area contributed by atoms with Gasteiger partial charge in [0.15, 0.2) is 0 Å². The van der Waals surface area contributed by atoms with Crippen LogP contribution in [0.3, 0.4) is 0 Å². The maximum atomic E-state index is 9.50. The van der Waals surface area contributed by atoms with Gasteiger partial charge in [0.2, 0.25) is 0 Å². The second kappa shape index (κ2) is 5.89. The van der Waals surface area contributed by atoms with Crippen LogP contribution in [-0.4, -0.2) is 20.3 Å². The molecule has 0 spiro atoms. The molecule has 0 aliphatic carbocycles. The van der Waals surface area contributed by atoms with E-state index in [1.165, 1.54) is 25.9 Å². The fourth-order valence-corrected chi connectivity index (χ4v) is 0.625. The van der Waals surface area contributed by atoms with Gasteiger partial charge in [0.25, 0.3) is 0 Å². The fourth-order valence-electron chi connectivity index (χ4n) is 0.625. The second-order valence-corrected chi connectivity index (χ2v) is 1.46. The van der Waals surface area contributed by atoms with Crippen molar-refractivity contribution in [1.82, 2.24) is 5.32 Å². The minimum atomic E-state index is 0.500. The Balaban J connectivity index is 0.000000162. The molecule has 0 aromatic carbocycles. The van der Waals surface area contributed by atoms with E-state index < -0.39 is 0 Å². The fraction of sp³-hybridized carbons (Fsp3) is 1.00. The minimum absolute atomic E-state index is 0.500. The average Bonchev–Trinajstić information content (AvgIpc) is 2.23. The molecule has 0 atom stereocenters. The van der Waals surface area contributed by atoms with Gasteiger partial charge in [-0.25, -0.2) is 0 Å². The SMILES string of the molecule is C1CCNC1.CF. The van der Waals surface area contributed by atoms with Gasteiger partial charge < -0.3 is 5.32 Å². The number of rotatable bonds is 0. The van der Waals surface area contributed by atoms with E-state index in [4.69, 9.17) is 0 Å². The van der Waals surface area contributed by atoms with Crippen LogP contribution in [0.15, 0.2) is 0 Å². The highest BCUT2D eigenvalue weighted by molar-refractivity contribution is 4.55. The van der Waals surface area contributed by atoms with E-state index in [0.29, 0.717) is 7.18 Å². The first-order chi connectivity index (χ1) is 3.50. The van der Waals surface area contributed by atoms with Crippen molar-refractivity contribution in [2.45, 2.75) is 12.8 Å². The Morgan fingerprint density at radius 3 is 1.71 bits per heavy atom. The molecule has 2 heteroatoms. The van der Waals surface area contributed by atoms with E-state index >= 15 is 0 Å². The van der Waals surface area contributed by atoms with E-state index in [1.54, 1.807) is 0 Å². The smallest absolute Gasteiger partial charge is 0.0785 e. The molecule has 1 fully saturated rings. The van der Waals surface area contributed by atoms with E-state index in [9.17, 15) is 4.39 Å². The molecule has 0 unspecified atom stereocenters. The minimum Gasteiger partial charge on any atom is -0.317 e. The van der Waals surface area contributed by atoms with Crippen molar-refractivity contribution in [1.29, 1.82) is 0 Å². The Kier molecular flexibility index (Phi) is 5.80. The van der Waals surface area contributed by atoms with Crippen LogP contribution in [0, 0.1) is 0 Å². The van der Waals surface area contributed by atoms with Crippen LogP contribution in [0.25, 0.3) is 0 Å². The molecule has 1 rings (SSSR count). The molecule has 1 N–H and O–H groups in total. The van der Waals surface area contributed by atoms with Crippen molar-refractivity contribution in [3.63, 3.8) is 0 Å². The summed E-state index contributed by atoms with van der Waals surface area (Å²) in [5.74, 6) is 0. The standard InChI is InChI=1S/C4H9N.CH3F/c1-2-4-5-3-1;1-2/h5H,1-4H2;1H3. The van der Waals surface area contributed by atoms with Crippen molar-refractivity contribution < 1.29 is 4.39 Å². The van der Waals surface area contributed by atoms with E-state index in [0.717, 1.165) is 0 Å². The molecule has 1 nitrogen and oxygen atoms in total. The molecule has 1 aliphatic heterocycles. The van der Waals surface area contributed by atoms with E-state index in [-0.39, 0.29) is 0 Å². The quantitative estimate of drug-likeness (QED) is 0.483. The molecule has 0 aromatic heterocycles. The van der Waals surface area contributed by atoms with Crippen LogP contribution in [0.4, 0.5) is 4.39 Å². The summed E-state index contributed by atoms with van der Waals surface area (Å²) in [5.41, 5.74) is 0. The van der Waals surface area contributed by atoms with Crippen LogP contribution in [0.1, 0.15) is 12.8 Å². The summed E-state index contributed by atoms with van der Waals surface area (Å²) >= 11 is 0. The van der Waals surface area contributed by atoms with Gasteiger partial charge in [0, 0.05) is 0 Å². The second-order valence-electron chi connectivity index (χ2n) is 1.46. The third kappa shape index (κ3) is 3.73. The van der Waals surface area contributed by atoms with Gasteiger partial charge >= 0.3 is 0 Å². The molecule has 1 saturated heterocycles. The lowest BCUT2D eigenvalue weighted by Gasteiger charge is -1.76. The topological polar surface area (TPSA) is 12.0 Å². The first-order valence-corrected chi connectivity index (χ1v) is 2.59. The van der Waals surface area contributed by atoms with Crippen molar-refractivity contribution in [2.24, 2.45) is 0 Å². The molecule has 0 saturated carbocycles. The van der Waals surface area contributed by atoms with Gasteiger partial charge in [0.05, 0.1) is 7.18 Å². The predicted molar refractivity (Wildman–Crippen MR) is 29.1 cm³/mol. The molecule has 0 amide bonds. The first-order valence-electron chi connectivity index (χ1n) is 2.59. The van der Waals surface area contributed by atoms with Crippen molar-refractivity contribution in [3.05, 3.63) is 0 Å². The highest BCUT2D eigenvalue weighted by atomic mass is 19.1.